The zero-order valence-electron chi connectivity index (χ0n) is 4.15. The van der Waals surface area contributed by atoms with Gasteiger partial charge in [0.1, 0.15) is 0 Å². The Hall–Kier alpha value is 0.310. The Balaban J connectivity index is 2.63. The zero-order chi connectivity index (χ0) is 4.99. The van der Waals surface area contributed by atoms with Gasteiger partial charge in [-0.05, 0) is 5.92 Å². The highest BCUT2D eigenvalue weighted by molar-refractivity contribution is 7.78. The molecule has 0 rings (SSSR count). The summed E-state index contributed by atoms with van der Waals surface area (Å²) in [7, 11) is 0. The van der Waals surface area contributed by atoms with Gasteiger partial charge in [0, 0.05) is 6.54 Å². The van der Waals surface area contributed by atoms with E-state index in [4.69, 9.17) is 0 Å². The lowest BCUT2D eigenvalue weighted by atomic mass is 10.2. The van der Waals surface area contributed by atoms with Crippen LogP contribution in [0.2, 0.25) is 0 Å². The third-order valence-corrected chi connectivity index (χ3v) is 0.591. The van der Waals surface area contributed by atoms with Gasteiger partial charge >= 0.3 is 0 Å². The van der Waals surface area contributed by atoms with E-state index in [0.717, 1.165) is 6.54 Å². The van der Waals surface area contributed by atoms with Crippen LogP contribution in [0.15, 0.2) is 0 Å². The summed E-state index contributed by atoms with van der Waals surface area (Å²) >= 11 is 3.79. The number of nitrogens with one attached hydrogen (secondary N) is 1. The Bertz CT molecular complexity index is 28.7. The van der Waals surface area contributed by atoms with E-state index in [-0.39, 0.29) is 0 Å². The van der Waals surface area contributed by atoms with Crippen LogP contribution >= 0.6 is 12.8 Å². The van der Waals surface area contributed by atoms with E-state index in [0.29, 0.717) is 0 Å². The van der Waals surface area contributed by atoms with Gasteiger partial charge in [-0.15, -0.1) is 0 Å². The number of hydrogen-bond acceptors (Lipinski definition) is 2. The van der Waals surface area contributed by atoms with Gasteiger partial charge in [-0.2, -0.15) is 0 Å². The standard InChI is InChI=1S/C4H10NS/c1-4(2)3-5-6/h5-6H,3H2,1-2H3. The first-order chi connectivity index (χ1) is 2.77. The van der Waals surface area contributed by atoms with Gasteiger partial charge in [0.05, 0.1) is 0 Å². The number of hydrogen-bond donors (Lipinski definition) is 2. The third kappa shape index (κ3) is 4.31. The maximum Gasteiger partial charge on any atom is 0.0113 e. The van der Waals surface area contributed by atoms with Crippen LogP contribution in [0.1, 0.15) is 13.8 Å². The molecule has 0 spiro atoms. The summed E-state index contributed by atoms with van der Waals surface area (Å²) in [6.45, 7) is 5.02. The van der Waals surface area contributed by atoms with Crippen LogP contribution in [0, 0.1) is 5.92 Å². The first kappa shape index (κ1) is 6.31. The summed E-state index contributed by atoms with van der Waals surface area (Å²) in [5.74, 6) is 1.35. The second-order valence-corrected chi connectivity index (χ2v) is 1.86. The molecule has 0 saturated carbocycles. The molecule has 0 atom stereocenters. The Kier molecular flexibility index (Phi) is 3.68. The lowest BCUT2D eigenvalue weighted by Gasteiger charge is -1.96. The van der Waals surface area contributed by atoms with E-state index >= 15 is 0 Å². The van der Waals surface area contributed by atoms with Gasteiger partial charge in [-0.25, -0.2) is 0 Å². The molecule has 0 heterocycles. The Labute approximate surface area is 44.7 Å². The van der Waals surface area contributed by atoms with E-state index in [9.17, 15) is 0 Å². The van der Waals surface area contributed by atoms with Crippen molar-refractivity contribution >= 4 is 12.8 Å². The highest BCUT2D eigenvalue weighted by Gasteiger charge is 1.85. The second kappa shape index (κ2) is 3.50. The first-order valence-corrected chi connectivity index (χ1v) is 2.38. The molecule has 2 heteroatoms. The predicted molar refractivity (Wildman–Crippen MR) is 31.6 cm³/mol. The molecule has 1 nitrogen and oxygen atoms in total. The van der Waals surface area contributed by atoms with Gasteiger partial charge in [0.15, 0.2) is 0 Å². The van der Waals surface area contributed by atoms with Gasteiger partial charge in [0.2, 0.25) is 0 Å². The Morgan fingerprint density at radius 1 is 1.67 bits per heavy atom. The zero-order valence-corrected chi connectivity index (χ0v) is 5.05. The summed E-state index contributed by atoms with van der Waals surface area (Å²) in [6, 6.07) is 0. The van der Waals surface area contributed by atoms with Gasteiger partial charge in [0.25, 0.3) is 0 Å². The lowest BCUT2D eigenvalue weighted by molar-refractivity contribution is 0.916. The molecule has 1 N–H and O–H groups in total. The minimum absolute atomic E-state index is 0.906. The van der Waals surface area contributed by atoms with Crippen LogP contribution in [0.5, 0.6) is 0 Å². The van der Waals surface area contributed by atoms with E-state index in [1.807, 2.05) is 0 Å². The van der Waals surface area contributed by atoms with Crippen LogP contribution in [0.25, 0.3) is 0 Å². The molecule has 0 aliphatic carbocycles. The average molecular weight is 104 g/mol. The Morgan fingerprint density at radius 2 is 2.17 bits per heavy atom. The van der Waals surface area contributed by atoms with Crippen molar-refractivity contribution in [2.75, 3.05) is 6.54 Å². The topological polar surface area (TPSA) is 12.0 Å². The molecule has 0 amide bonds. The fourth-order valence-electron chi connectivity index (χ4n) is 0.158. The second-order valence-electron chi connectivity index (χ2n) is 1.54. The fraction of sp³-hybridized carbons (Fsp3) is 0.750. The largest absolute Gasteiger partial charge is 0.266 e. The average Bonchev–Trinajstić information content (AvgIpc) is 1.35. The smallest absolute Gasteiger partial charge is 0.0113 e. The highest BCUT2D eigenvalue weighted by atomic mass is 32.1. The van der Waals surface area contributed by atoms with Crippen LogP contribution in [0.4, 0.5) is 0 Å². The number of thiol groups is 1. The SMILES string of the molecule is C[C](C)CNS. The predicted octanol–water partition coefficient (Wildman–Crippen LogP) is 1.04. The van der Waals surface area contributed by atoms with Crippen molar-refractivity contribution in [2.45, 2.75) is 13.8 Å². The van der Waals surface area contributed by atoms with Crippen molar-refractivity contribution < 1.29 is 0 Å². The molecule has 0 aliphatic heterocycles. The molecule has 0 aromatic heterocycles. The summed E-state index contributed by atoms with van der Waals surface area (Å²) in [6.07, 6.45) is 0. The maximum atomic E-state index is 3.79. The van der Waals surface area contributed by atoms with Crippen molar-refractivity contribution in [3.63, 3.8) is 0 Å². The van der Waals surface area contributed by atoms with Crippen molar-refractivity contribution in [3.8, 4) is 0 Å². The van der Waals surface area contributed by atoms with Gasteiger partial charge < -0.3 is 0 Å². The summed E-state index contributed by atoms with van der Waals surface area (Å²) in [4.78, 5) is 0. The fourth-order valence-corrected chi connectivity index (χ4v) is 0.474. The molecule has 0 unspecified atom stereocenters. The molecule has 6 heavy (non-hydrogen) atoms. The van der Waals surface area contributed by atoms with E-state index < -0.39 is 0 Å². The normalized spacial score (nSPS) is 10.0. The van der Waals surface area contributed by atoms with Crippen molar-refractivity contribution in [1.82, 2.24) is 4.72 Å². The van der Waals surface area contributed by atoms with Gasteiger partial charge in [-0.1, -0.05) is 26.7 Å². The molecule has 1 radical (unpaired) electrons. The van der Waals surface area contributed by atoms with Crippen molar-refractivity contribution in [3.05, 3.63) is 5.92 Å². The molecule has 0 saturated heterocycles. The molecule has 0 aromatic rings. The Morgan fingerprint density at radius 3 is 2.17 bits per heavy atom. The van der Waals surface area contributed by atoms with Crippen LogP contribution in [0.3, 0.4) is 0 Å². The lowest BCUT2D eigenvalue weighted by Crippen LogP contribution is -2.05. The maximum absolute atomic E-state index is 3.79. The summed E-state index contributed by atoms with van der Waals surface area (Å²) < 4.78 is 2.72. The molecule has 0 fully saturated rings. The number of rotatable bonds is 2. The van der Waals surface area contributed by atoms with E-state index in [2.05, 4.69) is 31.4 Å². The van der Waals surface area contributed by atoms with E-state index in [1.54, 1.807) is 0 Å². The highest BCUT2D eigenvalue weighted by Crippen LogP contribution is 1.89. The summed E-state index contributed by atoms with van der Waals surface area (Å²) in [5, 5.41) is 0. The molecule has 37 valence electrons. The van der Waals surface area contributed by atoms with Crippen molar-refractivity contribution in [2.24, 2.45) is 0 Å². The molecular weight excluding hydrogens is 94.1 g/mol. The van der Waals surface area contributed by atoms with Gasteiger partial charge in [-0.3, -0.25) is 4.72 Å². The molecule has 0 aromatic carbocycles. The quantitative estimate of drug-likeness (QED) is 0.499. The minimum atomic E-state index is 0.906. The molecular formula is C4H10NS. The van der Waals surface area contributed by atoms with Crippen molar-refractivity contribution in [1.29, 1.82) is 0 Å². The van der Waals surface area contributed by atoms with E-state index in [1.165, 1.54) is 5.92 Å². The summed E-state index contributed by atoms with van der Waals surface area (Å²) in [5.41, 5.74) is 0. The first-order valence-electron chi connectivity index (χ1n) is 1.93. The van der Waals surface area contributed by atoms with Crippen LogP contribution in [-0.2, 0) is 0 Å². The third-order valence-electron chi connectivity index (χ3n) is 0.433. The minimum Gasteiger partial charge on any atom is -0.266 e. The monoisotopic (exact) mass is 104 g/mol. The van der Waals surface area contributed by atoms with Crippen LogP contribution in [-0.4, -0.2) is 6.54 Å². The molecule has 0 bridgehead atoms. The van der Waals surface area contributed by atoms with Crippen LogP contribution < -0.4 is 4.72 Å². The molecule has 0 aliphatic rings.